The van der Waals surface area contributed by atoms with E-state index in [2.05, 4.69) is 26.6 Å². The minimum absolute atomic E-state index is 0.0427. The Morgan fingerprint density at radius 3 is 2.53 bits per heavy atom. The van der Waals surface area contributed by atoms with Crippen LogP contribution in [0.25, 0.3) is 27.6 Å². The fourth-order valence-corrected chi connectivity index (χ4v) is 4.98. The molecule has 2 N–H and O–H groups in total. The summed E-state index contributed by atoms with van der Waals surface area (Å²) >= 11 is 0. The lowest BCUT2D eigenvalue weighted by Crippen LogP contribution is -2.26. The number of aryl methyl sites for hydroxylation is 2. The molecular weight excluding hydrogens is 476 g/mol. The number of aromatic nitrogens is 5. The number of benzene rings is 3. The summed E-state index contributed by atoms with van der Waals surface area (Å²) in [5.41, 5.74) is 5.08. The van der Waals surface area contributed by atoms with E-state index in [0.29, 0.717) is 36.5 Å². The van der Waals surface area contributed by atoms with Gasteiger partial charge in [-0.3, -0.25) is 18.6 Å². The Balaban J connectivity index is 1.21. The Hall–Kier alpha value is -4.72. The molecule has 8 nitrogen and oxygen atoms in total. The van der Waals surface area contributed by atoms with Gasteiger partial charge >= 0.3 is 0 Å². The summed E-state index contributed by atoms with van der Waals surface area (Å²) in [6.45, 7) is 2.98. The average molecular weight is 505 g/mol. The number of nitrogens with zero attached hydrogens (tertiary/aromatic N) is 4. The normalized spacial score (nSPS) is 11.5. The SMILES string of the molecule is Cc1ccc(Cn2c(=O)c3ccccc3n3c(CCC(=O)NCCc4c[nH]c5ccccc45)nnc23)cc1. The molecule has 0 aliphatic carbocycles. The van der Waals surface area contributed by atoms with E-state index < -0.39 is 0 Å². The van der Waals surface area contributed by atoms with Crippen LogP contribution in [0.2, 0.25) is 0 Å². The third-order valence-corrected chi connectivity index (χ3v) is 7.00. The number of para-hydroxylation sites is 2. The molecule has 190 valence electrons. The van der Waals surface area contributed by atoms with Crippen LogP contribution in [0.1, 0.15) is 28.9 Å². The van der Waals surface area contributed by atoms with E-state index in [1.54, 1.807) is 4.57 Å². The molecule has 0 saturated heterocycles. The lowest BCUT2D eigenvalue weighted by atomic mass is 10.1. The zero-order chi connectivity index (χ0) is 26.1. The quantitative estimate of drug-likeness (QED) is 0.325. The lowest BCUT2D eigenvalue weighted by molar-refractivity contribution is -0.121. The largest absolute Gasteiger partial charge is 0.361 e. The van der Waals surface area contributed by atoms with Crippen LogP contribution in [0.3, 0.4) is 0 Å². The second kappa shape index (κ2) is 9.97. The Bertz CT molecular complexity index is 1830. The molecule has 0 aliphatic heterocycles. The van der Waals surface area contributed by atoms with E-state index in [1.165, 1.54) is 10.9 Å². The smallest absolute Gasteiger partial charge is 0.263 e. The van der Waals surface area contributed by atoms with Gasteiger partial charge in [-0.1, -0.05) is 60.2 Å². The predicted octanol–water partition coefficient (Wildman–Crippen LogP) is 4.17. The van der Waals surface area contributed by atoms with Crippen LogP contribution in [0.15, 0.2) is 83.8 Å². The Labute approximate surface area is 219 Å². The molecule has 0 saturated carbocycles. The maximum atomic E-state index is 13.4. The average Bonchev–Trinajstić information content (AvgIpc) is 3.55. The van der Waals surface area contributed by atoms with Gasteiger partial charge in [-0.2, -0.15) is 0 Å². The molecule has 0 radical (unpaired) electrons. The topological polar surface area (TPSA) is 97.1 Å². The van der Waals surface area contributed by atoms with Gasteiger partial charge in [-0.25, -0.2) is 0 Å². The van der Waals surface area contributed by atoms with Gasteiger partial charge in [0.15, 0.2) is 0 Å². The van der Waals surface area contributed by atoms with Crippen LogP contribution in [-0.4, -0.2) is 36.6 Å². The van der Waals surface area contributed by atoms with Crippen LogP contribution in [0.5, 0.6) is 0 Å². The van der Waals surface area contributed by atoms with Gasteiger partial charge in [0, 0.05) is 36.5 Å². The summed E-state index contributed by atoms with van der Waals surface area (Å²) in [7, 11) is 0. The summed E-state index contributed by atoms with van der Waals surface area (Å²) < 4.78 is 3.56. The molecule has 0 fully saturated rings. The van der Waals surface area contributed by atoms with Crippen LogP contribution in [0.4, 0.5) is 0 Å². The number of carbonyl (C=O) groups excluding carboxylic acids is 1. The van der Waals surface area contributed by atoms with E-state index in [4.69, 9.17) is 0 Å². The molecule has 6 aromatic rings. The summed E-state index contributed by atoms with van der Waals surface area (Å²) in [5, 5.41) is 13.6. The van der Waals surface area contributed by atoms with Crippen LogP contribution >= 0.6 is 0 Å². The first-order chi connectivity index (χ1) is 18.6. The molecule has 0 spiro atoms. The maximum Gasteiger partial charge on any atom is 0.263 e. The molecule has 0 atom stereocenters. The van der Waals surface area contributed by atoms with Crippen LogP contribution in [-0.2, 0) is 24.2 Å². The number of fused-ring (bicyclic) bond motifs is 4. The standard InChI is InChI=1S/C30H28N6O2/c1-20-10-12-21(13-11-20)19-35-29(38)24-7-3-5-9-26(24)36-27(33-34-30(35)36)14-15-28(37)31-17-16-22-18-32-25-8-4-2-6-23(22)25/h2-13,18,32H,14-17,19H2,1H3,(H,31,37). The van der Waals surface area contributed by atoms with Gasteiger partial charge in [-0.15, -0.1) is 10.2 Å². The molecule has 1 amide bonds. The number of hydrogen-bond donors (Lipinski definition) is 2. The van der Waals surface area contributed by atoms with Gasteiger partial charge in [0.1, 0.15) is 5.82 Å². The second-order valence-corrected chi connectivity index (χ2v) is 9.61. The predicted molar refractivity (Wildman–Crippen MR) is 148 cm³/mol. The Kier molecular flexibility index (Phi) is 6.21. The molecule has 8 heteroatoms. The van der Waals surface area contributed by atoms with Gasteiger partial charge in [0.2, 0.25) is 11.7 Å². The fourth-order valence-electron chi connectivity index (χ4n) is 4.98. The molecule has 38 heavy (non-hydrogen) atoms. The van der Waals surface area contributed by atoms with E-state index in [9.17, 15) is 9.59 Å². The molecule has 3 aromatic carbocycles. The number of carbonyl (C=O) groups is 1. The van der Waals surface area contributed by atoms with Gasteiger partial charge < -0.3 is 10.3 Å². The molecule has 0 aliphatic rings. The summed E-state index contributed by atoms with van der Waals surface area (Å²) in [6.07, 6.45) is 3.44. The monoisotopic (exact) mass is 504 g/mol. The van der Waals surface area contributed by atoms with Crippen molar-refractivity contribution in [2.24, 2.45) is 0 Å². The highest BCUT2D eigenvalue weighted by molar-refractivity contribution is 5.83. The first-order valence-corrected chi connectivity index (χ1v) is 12.8. The molecule has 0 bridgehead atoms. The van der Waals surface area contributed by atoms with Gasteiger partial charge in [0.25, 0.3) is 5.56 Å². The number of H-pyrrole nitrogens is 1. The Morgan fingerprint density at radius 2 is 1.68 bits per heavy atom. The van der Waals surface area contributed by atoms with Crippen LogP contribution in [0, 0.1) is 6.92 Å². The van der Waals surface area contributed by atoms with Crippen molar-refractivity contribution in [3.05, 3.63) is 112 Å². The van der Waals surface area contributed by atoms with Crippen molar-refractivity contribution in [1.29, 1.82) is 0 Å². The fraction of sp³-hybridized carbons (Fsp3) is 0.200. The van der Waals surface area contributed by atoms with Gasteiger partial charge in [0.05, 0.1) is 17.4 Å². The maximum absolute atomic E-state index is 13.4. The highest BCUT2D eigenvalue weighted by Gasteiger charge is 2.17. The minimum Gasteiger partial charge on any atom is -0.361 e. The molecule has 3 heterocycles. The molecule has 6 rings (SSSR count). The summed E-state index contributed by atoms with van der Waals surface area (Å²) in [6, 6.07) is 23.7. The number of hydrogen-bond acceptors (Lipinski definition) is 4. The summed E-state index contributed by atoms with van der Waals surface area (Å²) in [4.78, 5) is 29.4. The van der Waals surface area contributed by atoms with E-state index >= 15 is 0 Å². The number of rotatable bonds is 8. The van der Waals surface area contributed by atoms with Crippen molar-refractivity contribution in [3.8, 4) is 0 Å². The Morgan fingerprint density at radius 1 is 0.921 bits per heavy atom. The summed E-state index contributed by atoms with van der Waals surface area (Å²) in [5.74, 6) is 1.09. The first kappa shape index (κ1) is 23.7. The highest BCUT2D eigenvalue weighted by Crippen LogP contribution is 2.18. The van der Waals surface area contributed by atoms with E-state index in [1.807, 2.05) is 84.3 Å². The first-order valence-electron chi connectivity index (χ1n) is 12.8. The van der Waals surface area contributed by atoms with Crippen molar-refractivity contribution in [3.63, 3.8) is 0 Å². The third kappa shape index (κ3) is 4.45. The number of nitrogens with one attached hydrogen (secondary N) is 2. The highest BCUT2D eigenvalue weighted by atomic mass is 16.1. The zero-order valence-electron chi connectivity index (χ0n) is 21.1. The third-order valence-electron chi connectivity index (χ3n) is 7.00. The van der Waals surface area contributed by atoms with Gasteiger partial charge in [-0.05, 0) is 42.7 Å². The number of amides is 1. The molecule has 0 unspecified atom stereocenters. The molecular formula is C30H28N6O2. The second-order valence-electron chi connectivity index (χ2n) is 9.61. The number of aromatic amines is 1. The van der Waals surface area contributed by atoms with E-state index in [-0.39, 0.29) is 17.9 Å². The molecule has 3 aromatic heterocycles. The van der Waals surface area contributed by atoms with Crippen molar-refractivity contribution >= 4 is 33.5 Å². The van der Waals surface area contributed by atoms with Crippen molar-refractivity contribution in [1.82, 2.24) is 29.5 Å². The van der Waals surface area contributed by atoms with Crippen molar-refractivity contribution < 1.29 is 4.79 Å². The lowest BCUT2D eigenvalue weighted by Gasteiger charge is -2.12. The minimum atomic E-state index is -0.109. The van der Waals surface area contributed by atoms with Crippen molar-refractivity contribution in [2.45, 2.75) is 32.7 Å². The van der Waals surface area contributed by atoms with E-state index in [0.717, 1.165) is 28.6 Å². The zero-order valence-corrected chi connectivity index (χ0v) is 21.1. The van der Waals surface area contributed by atoms with Crippen molar-refractivity contribution in [2.75, 3.05) is 6.54 Å². The van der Waals surface area contributed by atoms with Crippen LogP contribution < -0.4 is 10.9 Å².